The Morgan fingerprint density at radius 2 is 2.06 bits per heavy atom. The first-order chi connectivity index (χ1) is 8.19. The molecular weight excluding hydrogens is 218 g/mol. The van der Waals surface area contributed by atoms with Crippen LogP contribution in [0.5, 0.6) is 5.75 Å². The second kappa shape index (κ2) is 6.78. The van der Waals surface area contributed by atoms with Gasteiger partial charge >= 0.3 is 6.09 Å². The van der Waals surface area contributed by atoms with E-state index in [9.17, 15) is 4.79 Å². The lowest BCUT2D eigenvalue weighted by molar-refractivity contribution is 0.116. The molecule has 1 aromatic rings. The molecule has 4 heteroatoms. The van der Waals surface area contributed by atoms with E-state index in [4.69, 9.17) is 9.47 Å². The van der Waals surface area contributed by atoms with Gasteiger partial charge in [0.2, 0.25) is 0 Å². The van der Waals surface area contributed by atoms with Crippen LogP contribution in [0.25, 0.3) is 0 Å². The molecule has 94 valence electrons. The minimum absolute atomic E-state index is 0.289. The van der Waals surface area contributed by atoms with Crippen molar-refractivity contribution in [3.8, 4) is 5.75 Å². The Labute approximate surface area is 102 Å². The highest BCUT2D eigenvalue weighted by Gasteiger charge is 2.10. The van der Waals surface area contributed by atoms with Gasteiger partial charge in [0.25, 0.3) is 0 Å². The molecule has 0 spiro atoms. The van der Waals surface area contributed by atoms with Gasteiger partial charge < -0.3 is 14.4 Å². The van der Waals surface area contributed by atoms with Crippen LogP contribution in [0, 0.1) is 0 Å². The first-order valence-electron chi connectivity index (χ1n) is 5.68. The average Bonchev–Trinajstić information content (AvgIpc) is 2.36. The standard InChI is InChI=1S/C13H19NO3/c1-4-17-13(15)14(2)10-9-11-7-5-6-8-12(11)16-3/h5-8H,4,9-10H2,1-3H3. The Bertz CT molecular complexity index is 365. The molecule has 1 rings (SSSR count). The van der Waals surface area contributed by atoms with Crippen molar-refractivity contribution in [2.45, 2.75) is 13.3 Å². The van der Waals surface area contributed by atoms with Crippen molar-refractivity contribution < 1.29 is 14.3 Å². The highest BCUT2D eigenvalue weighted by atomic mass is 16.6. The smallest absolute Gasteiger partial charge is 0.409 e. The number of carbonyl (C=O) groups is 1. The van der Waals surface area contributed by atoms with E-state index in [1.54, 1.807) is 26.0 Å². The zero-order chi connectivity index (χ0) is 12.7. The first kappa shape index (κ1) is 13.4. The molecule has 1 amide bonds. The first-order valence-corrected chi connectivity index (χ1v) is 5.68. The number of likely N-dealkylation sites (N-methyl/N-ethyl adjacent to an activating group) is 1. The van der Waals surface area contributed by atoms with Crippen LogP contribution in [-0.2, 0) is 11.2 Å². The SMILES string of the molecule is CCOC(=O)N(C)CCc1ccccc1OC. The molecule has 0 fully saturated rings. The summed E-state index contributed by atoms with van der Waals surface area (Å²) in [7, 11) is 3.38. The third kappa shape index (κ3) is 3.98. The summed E-state index contributed by atoms with van der Waals surface area (Å²) >= 11 is 0. The second-order valence-corrected chi connectivity index (χ2v) is 3.68. The minimum Gasteiger partial charge on any atom is -0.496 e. The molecule has 0 saturated heterocycles. The number of hydrogen-bond donors (Lipinski definition) is 0. The molecule has 0 saturated carbocycles. The van der Waals surface area contributed by atoms with E-state index in [-0.39, 0.29) is 6.09 Å². The van der Waals surface area contributed by atoms with Gasteiger partial charge in [0.05, 0.1) is 13.7 Å². The fourth-order valence-corrected chi connectivity index (χ4v) is 1.52. The quantitative estimate of drug-likeness (QED) is 0.789. The van der Waals surface area contributed by atoms with Crippen LogP contribution in [0.15, 0.2) is 24.3 Å². The van der Waals surface area contributed by atoms with Gasteiger partial charge in [-0.2, -0.15) is 0 Å². The highest BCUT2D eigenvalue weighted by molar-refractivity contribution is 5.67. The van der Waals surface area contributed by atoms with Crippen LogP contribution in [0.1, 0.15) is 12.5 Å². The maximum absolute atomic E-state index is 11.4. The number of carbonyl (C=O) groups excluding carboxylic acids is 1. The van der Waals surface area contributed by atoms with Gasteiger partial charge in [-0.1, -0.05) is 18.2 Å². The fraction of sp³-hybridized carbons (Fsp3) is 0.462. The molecule has 4 nitrogen and oxygen atoms in total. The lowest BCUT2D eigenvalue weighted by Crippen LogP contribution is -2.29. The van der Waals surface area contributed by atoms with E-state index >= 15 is 0 Å². The van der Waals surface area contributed by atoms with Crippen LogP contribution >= 0.6 is 0 Å². The van der Waals surface area contributed by atoms with Crippen molar-refractivity contribution in [1.29, 1.82) is 0 Å². The number of ether oxygens (including phenoxy) is 2. The maximum atomic E-state index is 11.4. The summed E-state index contributed by atoms with van der Waals surface area (Å²) in [5, 5.41) is 0. The van der Waals surface area contributed by atoms with Crippen LogP contribution < -0.4 is 4.74 Å². The normalized spacial score (nSPS) is 9.82. The molecule has 0 N–H and O–H groups in total. The highest BCUT2D eigenvalue weighted by Crippen LogP contribution is 2.17. The number of methoxy groups -OCH3 is 1. The number of benzene rings is 1. The molecule has 0 aliphatic heterocycles. The number of nitrogens with zero attached hydrogens (tertiary/aromatic N) is 1. The van der Waals surface area contributed by atoms with Gasteiger partial charge in [-0.05, 0) is 25.0 Å². The summed E-state index contributed by atoms with van der Waals surface area (Å²) in [5.41, 5.74) is 1.09. The predicted octanol–water partition coefficient (Wildman–Crippen LogP) is 2.33. The zero-order valence-electron chi connectivity index (χ0n) is 10.6. The number of rotatable bonds is 5. The molecular formula is C13H19NO3. The van der Waals surface area contributed by atoms with Crippen LogP contribution in [0.3, 0.4) is 0 Å². The number of amides is 1. The summed E-state index contributed by atoms with van der Waals surface area (Å²) in [6, 6.07) is 7.80. The molecule has 0 heterocycles. The van der Waals surface area contributed by atoms with E-state index < -0.39 is 0 Å². The van der Waals surface area contributed by atoms with Crippen LogP contribution in [0.2, 0.25) is 0 Å². The summed E-state index contributed by atoms with van der Waals surface area (Å²) in [6.07, 6.45) is 0.460. The predicted molar refractivity (Wildman–Crippen MR) is 66.4 cm³/mol. The largest absolute Gasteiger partial charge is 0.496 e. The van der Waals surface area contributed by atoms with Crippen molar-refractivity contribution in [2.75, 3.05) is 27.3 Å². The van der Waals surface area contributed by atoms with E-state index in [0.29, 0.717) is 13.2 Å². The molecule has 0 aliphatic rings. The molecule has 1 aromatic carbocycles. The topological polar surface area (TPSA) is 38.8 Å². The molecule has 0 radical (unpaired) electrons. The molecule has 0 aromatic heterocycles. The van der Waals surface area contributed by atoms with Gasteiger partial charge in [-0.25, -0.2) is 4.79 Å². The van der Waals surface area contributed by atoms with Crippen molar-refractivity contribution >= 4 is 6.09 Å². The Morgan fingerprint density at radius 3 is 2.71 bits per heavy atom. The van der Waals surface area contributed by atoms with Crippen LogP contribution in [-0.4, -0.2) is 38.3 Å². The van der Waals surface area contributed by atoms with Gasteiger partial charge in [-0.15, -0.1) is 0 Å². The Morgan fingerprint density at radius 1 is 1.35 bits per heavy atom. The van der Waals surface area contributed by atoms with E-state index in [0.717, 1.165) is 17.7 Å². The monoisotopic (exact) mass is 237 g/mol. The van der Waals surface area contributed by atoms with Crippen molar-refractivity contribution in [3.05, 3.63) is 29.8 Å². The fourth-order valence-electron chi connectivity index (χ4n) is 1.52. The summed E-state index contributed by atoms with van der Waals surface area (Å²) in [6.45, 7) is 2.81. The summed E-state index contributed by atoms with van der Waals surface area (Å²) in [4.78, 5) is 13.0. The molecule has 0 aliphatic carbocycles. The van der Waals surface area contributed by atoms with Crippen molar-refractivity contribution in [2.24, 2.45) is 0 Å². The third-order valence-electron chi connectivity index (χ3n) is 2.49. The van der Waals surface area contributed by atoms with E-state index in [2.05, 4.69) is 0 Å². The maximum Gasteiger partial charge on any atom is 0.409 e. The lowest BCUT2D eigenvalue weighted by Gasteiger charge is -2.17. The zero-order valence-corrected chi connectivity index (χ0v) is 10.6. The second-order valence-electron chi connectivity index (χ2n) is 3.68. The van der Waals surface area contributed by atoms with Gasteiger partial charge in [-0.3, -0.25) is 0 Å². The summed E-state index contributed by atoms with van der Waals surface area (Å²) < 4.78 is 10.2. The van der Waals surface area contributed by atoms with Crippen molar-refractivity contribution in [3.63, 3.8) is 0 Å². The Kier molecular flexibility index (Phi) is 5.33. The van der Waals surface area contributed by atoms with Gasteiger partial charge in [0.1, 0.15) is 5.75 Å². The van der Waals surface area contributed by atoms with E-state index in [1.807, 2.05) is 24.3 Å². The molecule has 17 heavy (non-hydrogen) atoms. The van der Waals surface area contributed by atoms with Crippen molar-refractivity contribution in [1.82, 2.24) is 4.90 Å². The minimum atomic E-state index is -0.289. The number of para-hydroxylation sites is 1. The number of hydrogen-bond acceptors (Lipinski definition) is 3. The van der Waals surface area contributed by atoms with Gasteiger partial charge in [0.15, 0.2) is 0 Å². The third-order valence-corrected chi connectivity index (χ3v) is 2.49. The Hall–Kier alpha value is -1.71. The van der Waals surface area contributed by atoms with Gasteiger partial charge in [0, 0.05) is 13.6 Å². The molecule has 0 unspecified atom stereocenters. The molecule has 0 atom stereocenters. The van der Waals surface area contributed by atoms with Crippen LogP contribution in [0.4, 0.5) is 4.79 Å². The lowest BCUT2D eigenvalue weighted by atomic mass is 10.1. The molecule has 0 bridgehead atoms. The van der Waals surface area contributed by atoms with E-state index in [1.165, 1.54) is 0 Å². The Balaban J connectivity index is 2.52. The summed E-state index contributed by atoms with van der Waals surface area (Å²) in [5.74, 6) is 0.852. The average molecular weight is 237 g/mol.